The van der Waals surface area contributed by atoms with Crippen molar-refractivity contribution in [2.45, 2.75) is 110 Å². The van der Waals surface area contributed by atoms with Crippen molar-refractivity contribution in [1.29, 1.82) is 0 Å². The molecule has 0 spiro atoms. The number of sulfone groups is 1. The SMILES string of the molecule is CC1CCC(CCc2ccc(S(=O)(=O)CC(=O)c3ccc(N4CCN(CC5=C(C67CC(C)(C6)C7)CC(C)(C)CC5)CC4)cc3Oc3cnc4[nH]ccc4c3)cc2[N+](=O)[O-])CC1. The number of carbonyl (C=O) groups is 1. The van der Waals surface area contributed by atoms with Crippen molar-refractivity contribution in [1.82, 2.24) is 14.9 Å². The quantitative estimate of drug-likeness (QED) is 0.0569. The Bertz CT molecular complexity index is 2470. The third-order valence-corrected chi connectivity index (χ3v) is 16.6. The first kappa shape index (κ1) is 41.8. The maximum atomic E-state index is 14.1. The van der Waals surface area contributed by atoms with Gasteiger partial charge in [0.1, 0.15) is 22.9 Å². The van der Waals surface area contributed by atoms with Crippen LogP contribution in [0.15, 0.2) is 77.0 Å². The number of nitro groups is 1. The molecule has 1 aliphatic heterocycles. The molecular weight excluding hydrogens is 787 g/mol. The van der Waals surface area contributed by atoms with Crippen LogP contribution in [0.2, 0.25) is 0 Å². The van der Waals surface area contributed by atoms with Gasteiger partial charge in [-0.2, -0.15) is 0 Å². The van der Waals surface area contributed by atoms with Crippen molar-refractivity contribution < 1.29 is 22.9 Å². The molecule has 2 bridgehead atoms. The van der Waals surface area contributed by atoms with Crippen LogP contribution in [-0.4, -0.2) is 72.5 Å². The number of nitro benzene ring substituents is 1. The Hall–Kier alpha value is -4.55. The van der Waals surface area contributed by atoms with Crippen LogP contribution in [0.4, 0.5) is 11.4 Å². The molecule has 3 heterocycles. The van der Waals surface area contributed by atoms with Crippen LogP contribution in [0.25, 0.3) is 11.0 Å². The topological polar surface area (TPSA) is 139 Å². The van der Waals surface area contributed by atoms with Crippen molar-refractivity contribution >= 4 is 38.0 Å². The number of hydrogen-bond donors (Lipinski definition) is 1. The molecule has 0 amide bonds. The number of aromatic amines is 1. The molecule has 0 radical (unpaired) electrons. The summed E-state index contributed by atoms with van der Waals surface area (Å²) in [6.07, 6.45) is 17.0. The highest BCUT2D eigenvalue weighted by Gasteiger charge is 2.66. The fourth-order valence-electron chi connectivity index (χ4n) is 11.7. The standard InChI is InChI=1S/C49H61N5O6S/c1-33-5-7-34(8-6-33)9-10-35-11-13-40(25-43(35)54(56)57)61(58,59)29-44(55)41-14-12-38(24-45(41)60-39-23-36-16-18-50-46(36)51-27-39)53-21-19-52(20-22-53)28-37-15-17-47(2,3)26-42(37)49-30-48(4,31-49)32-49/h11-14,16,18,23-25,27,33-34H,5-10,15,17,19-22,26,28-32H2,1-4H3,(H,50,51). The predicted molar refractivity (Wildman–Crippen MR) is 239 cm³/mol. The normalized spacial score (nSPS) is 26.5. The Kier molecular flexibility index (Phi) is 10.9. The van der Waals surface area contributed by atoms with E-state index >= 15 is 0 Å². The van der Waals surface area contributed by atoms with E-state index in [1.165, 1.54) is 57.4 Å². The molecule has 0 unspecified atom stereocenters. The van der Waals surface area contributed by atoms with Gasteiger partial charge in [0.25, 0.3) is 5.69 Å². The highest BCUT2D eigenvalue weighted by atomic mass is 32.2. The van der Waals surface area contributed by atoms with Gasteiger partial charge in [-0.1, -0.05) is 70.6 Å². The second-order valence-corrected chi connectivity index (χ2v) is 22.6. The zero-order chi connectivity index (χ0) is 42.7. The molecule has 4 saturated carbocycles. The van der Waals surface area contributed by atoms with Crippen LogP contribution in [0.1, 0.15) is 114 Å². The number of piperazine rings is 1. The summed E-state index contributed by atoms with van der Waals surface area (Å²) in [7, 11) is -4.25. The number of nitrogens with one attached hydrogen (secondary N) is 1. The Morgan fingerprint density at radius 1 is 0.984 bits per heavy atom. The van der Waals surface area contributed by atoms with Crippen LogP contribution in [0.5, 0.6) is 11.5 Å². The first-order valence-electron chi connectivity index (χ1n) is 22.5. The van der Waals surface area contributed by atoms with Crippen molar-refractivity contribution in [3.63, 3.8) is 0 Å². The van der Waals surface area contributed by atoms with Gasteiger partial charge in [0.2, 0.25) is 0 Å². The third-order valence-electron chi connectivity index (χ3n) is 15.0. The number of nitrogens with zero attached hydrogens (tertiary/aromatic N) is 4. The lowest BCUT2D eigenvalue weighted by Crippen LogP contribution is -2.61. The lowest BCUT2D eigenvalue weighted by atomic mass is 9.33. The summed E-state index contributed by atoms with van der Waals surface area (Å²) in [5, 5.41) is 13.0. The summed E-state index contributed by atoms with van der Waals surface area (Å²) in [5.74, 6) is 0.369. The van der Waals surface area contributed by atoms with E-state index in [-0.39, 0.29) is 21.9 Å². The number of ether oxygens (including phenoxy) is 1. The summed E-state index contributed by atoms with van der Waals surface area (Å²) in [4.78, 5) is 38.0. The molecule has 12 heteroatoms. The molecule has 6 aliphatic rings. The molecule has 61 heavy (non-hydrogen) atoms. The van der Waals surface area contributed by atoms with Gasteiger partial charge in [0.15, 0.2) is 15.6 Å². The molecule has 2 aromatic carbocycles. The summed E-state index contributed by atoms with van der Waals surface area (Å²) >= 11 is 0. The fraction of sp³-hybridized carbons (Fsp3) is 0.551. The minimum atomic E-state index is -4.25. The molecule has 11 nitrogen and oxygen atoms in total. The number of ketones is 1. The Balaban J connectivity index is 0.917. The highest BCUT2D eigenvalue weighted by molar-refractivity contribution is 7.92. The zero-order valence-corrected chi connectivity index (χ0v) is 37.1. The number of benzene rings is 2. The lowest BCUT2D eigenvalue weighted by Gasteiger charge is -2.72. The molecule has 0 atom stereocenters. The van der Waals surface area contributed by atoms with Gasteiger partial charge in [0, 0.05) is 67.7 Å². The maximum absolute atomic E-state index is 14.1. The van der Waals surface area contributed by atoms with Crippen molar-refractivity contribution in [3.8, 4) is 11.5 Å². The number of rotatable bonds is 14. The second kappa shape index (κ2) is 16.0. The van der Waals surface area contributed by atoms with E-state index in [0.29, 0.717) is 51.5 Å². The van der Waals surface area contributed by atoms with E-state index in [1.54, 1.807) is 35.7 Å². The maximum Gasteiger partial charge on any atom is 0.273 e. The number of aromatic nitrogens is 2. The third kappa shape index (κ3) is 8.63. The molecule has 5 fully saturated rings. The molecule has 4 aromatic rings. The van der Waals surface area contributed by atoms with Gasteiger partial charge in [-0.3, -0.25) is 19.8 Å². The number of pyridine rings is 1. The van der Waals surface area contributed by atoms with Crippen LogP contribution in [0.3, 0.4) is 0 Å². The molecule has 2 aromatic heterocycles. The van der Waals surface area contributed by atoms with Gasteiger partial charge < -0.3 is 14.6 Å². The van der Waals surface area contributed by atoms with Gasteiger partial charge in [-0.15, -0.1) is 0 Å². The highest BCUT2D eigenvalue weighted by Crippen LogP contribution is 2.77. The number of carbonyl (C=O) groups excluding carboxylic acids is 1. The molecular formula is C49H61N5O6S. The average Bonchev–Trinajstić information content (AvgIpc) is 3.68. The minimum absolute atomic E-state index is 0.121. The minimum Gasteiger partial charge on any atom is -0.455 e. The van der Waals surface area contributed by atoms with Crippen LogP contribution in [-0.2, 0) is 16.3 Å². The van der Waals surface area contributed by atoms with E-state index in [4.69, 9.17) is 4.74 Å². The molecule has 1 N–H and O–H groups in total. The monoisotopic (exact) mass is 847 g/mol. The number of allylic oxidation sites excluding steroid dienone is 1. The van der Waals surface area contributed by atoms with E-state index < -0.39 is 26.3 Å². The number of hydrogen-bond acceptors (Lipinski definition) is 9. The van der Waals surface area contributed by atoms with Gasteiger partial charge in [-0.05, 0) is 110 Å². The van der Waals surface area contributed by atoms with Crippen molar-refractivity contribution in [2.24, 2.45) is 28.1 Å². The van der Waals surface area contributed by atoms with E-state index in [2.05, 4.69) is 47.5 Å². The van der Waals surface area contributed by atoms with Crippen molar-refractivity contribution in [2.75, 3.05) is 43.4 Å². The molecule has 5 aliphatic carbocycles. The first-order chi connectivity index (χ1) is 29.1. The second-order valence-electron chi connectivity index (χ2n) is 20.6. The van der Waals surface area contributed by atoms with E-state index in [9.17, 15) is 23.3 Å². The molecule has 1 saturated heterocycles. The number of fused-ring (bicyclic) bond motifs is 1. The zero-order valence-electron chi connectivity index (χ0n) is 36.3. The Morgan fingerprint density at radius 3 is 2.46 bits per heavy atom. The summed E-state index contributed by atoms with van der Waals surface area (Å²) < 4.78 is 34.1. The van der Waals surface area contributed by atoms with E-state index in [0.717, 1.165) is 69.1 Å². The number of H-pyrrole nitrogens is 1. The van der Waals surface area contributed by atoms with Gasteiger partial charge in [0.05, 0.1) is 21.6 Å². The average molecular weight is 848 g/mol. The van der Waals surface area contributed by atoms with Gasteiger partial charge >= 0.3 is 0 Å². The fourth-order valence-corrected chi connectivity index (χ4v) is 12.9. The Labute approximate surface area is 360 Å². The lowest BCUT2D eigenvalue weighted by molar-refractivity contribution is -0.385. The summed E-state index contributed by atoms with van der Waals surface area (Å²) in [6, 6.07) is 13.2. The molecule has 10 rings (SSSR count). The Morgan fingerprint density at radius 2 is 1.74 bits per heavy atom. The predicted octanol–water partition coefficient (Wildman–Crippen LogP) is 10.5. The smallest absolute Gasteiger partial charge is 0.273 e. The van der Waals surface area contributed by atoms with E-state index in [1.807, 2.05) is 24.3 Å². The van der Waals surface area contributed by atoms with Crippen LogP contribution >= 0.6 is 0 Å². The number of anilines is 1. The largest absolute Gasteiger partial charge is 0.455 e. The first-order valence-corrected chi connectivity index (χ1v) is 24.2. The van der Waals surface area contributed by atoms with Crippen LogP contribution < -0.4 is 9.64 Å². The molecule has 324 valence electrons. The van der Waals surface area contributed by atoms with Crippen molar-refractivity contribution in [3.05, 3.63) is 93.3 Å². The number of Topliss-reactive ketones (excluding diaryl/α,β-unsaturated/α-hetero) is 1. The van der Waals surface area contributed by atoms with Gasteiger partial charge in [-0.25, -0.2) is 13.4 Å². The number of aryl methyl sites for hydroxylation is 1. The summed E-state index contributed by atoms with van der Waals surface area (Å²) in [5.41, 5.74) is 6.89. The van der Waals surface area contributed by atoms with Crippen LogP contribution in [0, 0.1) is 38.2 Å². The summed E-state index contributed by atoms with van der Waals surface area (Å²) in [6.45, 7) is 14.1.